The van der Waals surface area contributed by atoms with Crippen LogP contribution in [-0.4, -0.2) is 36.7 Å². The van der Waals surface area contributed by atoms with E-state index in [9.17, 15) is 9.59 Å². The molecule has 0 bridgehead atoms. The number of aryl methyl sites for hydroxylation is 1. The summed E-state index contributed by atoms with van der Waals surface area (Å²) in [4.78, 5) is 22.8. The van der Waals surface area contributed by atoms with Gasteiger partial charge in [-0.3, -0.25) is 4.79 Å². The van der Waals surface area contributed by atoms with Crippen LogP contribution in [0.25, 0.3) is 0 Å². The van der Waals surface area contributed by atoms with Crippen LogP contribution >= 0.6 is 0 Å². The fourth-order valence-corrected chi connectivity index (χ4v) is 2.92. The van der Waals surface area contributed by atoms with Crippen molar-refractivity contribution in [1.82, 2.24) is 0 Å². The number of carbonyl (C=O) groups is 2. The van der Waals surface area contributed by atoms with Crippen LogP contribution in [0.5, 0.6) is 17.2 Å². The van der Waals surface area contributed by atoms with Gasteiger partial charge in [0, 0.05) is 6.42 Å². The van der Waals surface area contributed by atoms with E-state index in [4.69, 9.17) is 23.7 Å². The Balaban J connectivity index is 1.28. The van der Waals surface area contributed by atoms with Crippen LogP contribution in [-0.2, 0) is 11.2 Å². The molecule has 0 unspecified atom stereocenters. The van der Waals surface area contributed by atoms with E-state index in [1.54, 1.807) is 18.4 Å². The van der Waals surface area contributed by atoms with Gasteiger partial charge in [-0.1, -0.05) is 0 Å². The van der Waals surface area contributed by atoms with E-state index in [1.165, 1.54) is 24.3 Å². The molecule has 1 N–H and O–H groups in total. The van der Waals surface area contributed by atoms with Gasteiger partial charge in [0.25, 0.3) is 0 Å². The van der Waals surface area contributed by atoms with Gasteiger partial charge in [0.15, 0.2) is 0 Å². The fourth-order valence-electron chi connectivity index (χ4n) is 2.92. The van der Waals surface area contributed by atoms with Crippen LogP contribution in [0.1, 0.15) is 35.4 Å². The van der Waals surface area contributed by atoms with Gasteiger partial charge < -0.3 is 23.7 Å². The Morgan fingerprint density at radius 2 is 1.34 bits per heavy atom. The van der Waals surface area contributed by atoms with Gasteiger partial charge in [-0.05, 0) is 79.9 Å². The van der Waals surface area contributed by atoms with Crippen LogP contribution in [0, 0.1) is 0 Å². The lowest BCUT2D eigenvalue weighted by Crippen LogP contribution is -2.19. The van der Waals surface area contributed by atoms with Crippen LogP contribution < -0.4 is 14.2 Å². The maximum absolute atomic E-state index is 12.0. The van der Waals surface area contributed by atoms with Gasteiger partial charge in [0.2, 0.25) is 5.78 Å². The molecular weight excluding hydrogens is 412 g/mol. The van der Waals surface area contributed by atoms with Gasteiger partial charge in [0.05, 0.1) is 18.4 Å². The second-order valence-corrected chi connectivity index (χ2v) is 7.16. The first-order valence-corrected chi connectivity index (χ1v) is 10.5. The third kappa shape index (κ3) is 7.83. The van der Waals surface area contributed by atoms with Gasteiger partial charge in [0.1, 0.15) is 36.2 Å². The number of furan rings is 1. The molecule has 0 aliphatic rings. The summed E-state index contributed by atoms with van der Waals surface area (Å²) in [6.07, 6.45) is 5.73. The maximum atomic E-state index is 12.0. The minimum Gasteiger partial charge on any atom is -0.494 e. The third-order valence-electron chi connectivity index (χ3n) is 4.64. The minimum atomic E-state index is -1.02. The minimum absolute atomic E-state index is 0.122. The summed E-state index contributed by atoms with van der Waals surface area (Å²) in [7, 11) is 0. The highest BCUT2D eigenvalue weighted by molar-refractivity contribution is 5.87. The highest BCUT2D eigenvalue weighted by Gasteiger charge is 2.07. The summed E-state index contributed by atoms with van der Waals surface area (Å²) in [6, 6.07) is 16.9. The zero-order valence-electron chi connectivity index (χ0n) is 17.7. The maximum Gasteiger partial charge on any atom is 0.335 e. The number of hydrogen-bond donors (Lipinski definition) is 1. The number of benzene rings is 2. The predicted molar refractivity (Wildman–Crippen MR) is 118 cm³/mol. The van der Waals surface area contributed by atoms with E-state index in [1.807, 2.05) is 24.3 Å². The predicted octanol–water partition coefficient (Wildman–Crippen LogP) is 4.80. The Kier molecular flexibility index (Phi) is 8.74. The van der Waals surface area contributed by atoms with Crippen LogP contribution in [0.4, 0.5) is 0 Å². The summed E-state index contributed by atoms with van der Waals surface area (Å²) < 4.78 is 21.9. The SMILES string of the molecule is O=C(COc1ccc(OCCCCCc2ccco2)cc1)COc1ccc(C(=O)O)cc1. The number of aromatic carboxylic acids is 1. The van der Waals surface area contributed by atoms with Crippen molar-refractivity contribution in [1.29, 1.82) is 0 Å². The van der Waals surface area contributed by atoms with Crippen molar-refractivity contribution in [3.63, 3.8) is 0 Å². The van der Waals surface area contributed by atoms with Crippen molar-refractivity contribution in [3.8, 4) is 17.2 Å². The molecule has 0 atom stereocenters. The number of rotatable bonds is 14. The average molecular weight is 438 g/mol. The highest BCUT2D eigenvalue weighted by atomic mass is 16.5. The van der Waals surface area contributed by atoms with Crippen molar-refractivity contribution in [2.45, 2.75) is 25.7 Å². The summed E-state index contributed by atoms with van der Waals surface area (Å²) >= 11 is 0. The Hall–Kier alpha value is -3.74. The fraction of sp³-hybridized carbons (Fsp3) is 0.280. The Bertz CT molecular complexity index is 961. The average Bonchev–Trinajstić information content (AvgIpc) is 3.33. The Morgan fingerprint density at radius 3 is 1.91 bits per heavy atom. The second-order valence-electron chi connectivity index (χ2n) is 7.16. The van der Waals surface area contributed by atoms with Gasteiger partial charge in [-0.2, -0.15) is 0 Å². The quantitative estimate of drug-likeness (QED) is 0.361. The highest BCUT2D eigenvalue weighted by Crippen LogP contribution is 2.18. The van der Waals surface area contributed by atoms with Crippen LogP contribution in [0.3, 0.4) is 0 Å². The van der Waals surface area contributed by atoms with Crippen molar-refractivity contribution in [3.05, 3.63) is 78.3 Å². The van der Waals surface area contributed by atoms with Crippen molar-refractivity contribution in [2.24, 2.45) is 0 Å². The lowest BCUT2D eigenvalue weighted by Gasteiger charge is -2.09. The van der Waals surface area contributed by atoms with E-state index >= 15 is 0 Å². The molecule has 0 amide bonds. The molecule has 3 rings (SSSR count). The molecule has 0 saturated heterocycles. The van der Waals surface area contributed by atoms with E-state index in [2.05, 4.69) is 0 Å². The third-order valence-corrected chi connectivity index (χ3v) is 4.64. The number of ether oxygens (including phenoxy) is 3. The lowest BCUT2D eigenvalue weighted by atomic mass is 10.2. The molecule has 1 heterocycles. The lowest BCUT2D eigenvalue weighted by molar-refractivity contribution is -0.123. The molecule has 3 aromatic rings. The number of carbonyl (C=O) groups excluding carboxylic acids is 1. The molecule has 7 heteroatoms. The molecule has 0 radical (unpaired) electrons. The number of Topliss-reactive ketones (excluding diaryl/α,β-unsaturated/α-hetero) is 1. The van der Waals surface area contributed by atoms with Gasteiger partial charge in [-0.15, -0.1) is 0 Å². The van der Waals surface area contributed by atoms with Crippen LogP contribution in [0.15, 0.2) is 71.3 Å². The molecular formula is C25H26O7. The monoisotopic (exact) mass is 438 g/mol. The summed E-state index contributed by atoms with van der Waals surface area (Å²) in [6.45, 7) is 0.359. The number of ketones is 1. The first-order chi connectivity index (χ1) is 15.6. The Morgan fingerprint density at radius 1 is 0.750 bits per heavy atom. The second kappa shape index (κ2) is 12.2. The molecule has 32 heavy (non-hydrogen) atoms. The number of carboxylic acids is 1. The molecule has 0 fully saturated rings. The summed E-state index contributed by atoms with van der Waals surface area (Å²) in [5.41, 5.74) is 0.157. The molecule has 1 aromatic heterocycles. The van der Waals surface area contributed by atoms with E-state index in [0.29, 0.717) is 18.1 Å². The first kappa shape index (κ1) is 22.9. The standard InChI is InChI=1S/C25H26O7/c26-20(17-31-23-9-7-19(8-10-23)25(27)28)18-32-24-13-11-22(12-14-24)29-15-3-1-2-5-21-6-4-16-30-21/h4,6-14,16H,1-3,5,15,17-18H2,(H,27,28). The first-order valence-electron chi connectivity index (χ1n) is 10.5. The zero-order chi connectivity index (χ0) is 22.6. The number of unbranched alkanes of at least 4 members (excludes halogenated alkanes) is 2. The normalized spacial score (nSPS) is 10.5. The largest absolute Gasteiger partial charge is 0.494 e. The summed E-state index contributed by atoms with van der Waals surface area (Å²) in [5.74, 6) is 1.50. The number of carboxylic acid groups (broad SMARTS) is 1. The Labute approximate surface area is 186 Å². The van der Waals surface area contributed by atoms with E-state index < -0.39 is 5.97 Å². The molecule has 0 aliphatic carbocycles. The van der Waals surface area contributed by atoms with Gasteiger partial charge in [-0.25, -0.2) is 4.79 Å². The summed E-state index contributed by atoms with van der Waals surface area (Å²) in [5, 5.41) is 8.87. The molecule has 0 saturated carbocycles. The molecule has 0 aliphatic heterocycles. The van der Waals surface area contributed by atoms with Crippen molar-refractivity contribution >= 4 is 11.8 Å². The topological polar surface area (TPSA) is 95.2 Å². The van der Waals surface area contributed by atoms with Crippen molar-refractivity contribution < 1.29 is 33.3 Å². The number of hydrogen-bond acceptors (Lipinski definition) is 6. The van der Waals surface area contributed by atoms with Gasteiger partial charge >= 0.3 is 5.97 Å². The zero-order valence-corrected chi connectivity index (χ0v) is 17.7. The molecule has 7 nitrogen and oxygen atoms in total. The molecule has 168 valence electrons. The molecule has 2 aromatic carbocycles. The molecule has 0 spiro atoms. The smallest absolute Gasteiger partial charge is 0.335 e. The van der Waals surface area contributed by atoms with E-state index in [-0.39, 0.29) is 24.6 Å². The van der Waals surface area contributed by atoms with E-state index in [0.717, 1.165) is 37.2 Å². The van der Waals surface area contributed by atoms with Crippen LogP contribution in [0.2, 0.25) is 0 Å². The van der Waals surface area contributed by atoms with Crippen molar-refractivity contribution in [2.75, 3.05) is 19.8 Å².